The highest BCUT2D eigenvalue weighted by atomic mass is 16.3. The van der Waals surface area contributed by atoms with Crippen molar-refractivity contribution < 1.29 is 4.42 Å². The molecule has 1 aromatic carbocycles. The molecule has 2 N–H and O–H groups in total. The van der Waals surface area contributed by atoms with Crippen molar-refractivity contribution in [3.05, 3.63) is 41.2 Å². The molecule has 0 saturated carbocycles. The summed E-state index contributed by atoms with van der Waals surface area (Å²) in [5.41, 5.74) is 10.7. The predicted molar refractivity (Wildman–Crippen MR) is 65.3 cm³/mol. The van der Waals surface area contributed by atoms with Crippen LogP contribution in [0.25, 0.3) is 11.1 Å². The first-order valence-corrected chi connectivity index (χ1v) is 5.69. The van der Waals surface area contributed by atoms with E-state index in [9.17, 15) is 0 Å². The summed E-state index contributed by atoms with van der Waals surface area (Å²) in [6.07, 6.45) is 5.06. The van der Waals surface area contributed by atoms with Crippen LogP contribution in [0.15, 0.2) is 28.9 Å². The zero-order valence-electron chi connectivity index (χ0n) is 9.36. The van der Waals surface area contributed by atoms with E-state index in [-0.39, 0.29) is 5.88 Å². The number of nitrogens with zero attached hydrogens (tertiary/aromatic N) is 1. The first kappa shape index (κ1) is 9.98. The van der Waals surface area contributed by atoms with E-state index in [1.165, 1.54) is 17.5 Å². The Balaban J connectivity index is 2.13. The minimum atomic E-state index is 0.197. The van der Waals surface area contributed by atoms with Crippen LogP contribution < -0.4 is 5.73 Å². The Morgan fingerprint density at radius 1 is 1.24 bits per heavy atom. The molecule has 2 aromatic rings. The largest absolute Gasteiger partial charge is 0.447 e. The Hall–Kier alpha value is -2.21. The van der Waals surface area contributed by atoms with Crippen molar-refractivity contribution in [1.82, 2.24) is 0 Å². The smallest absolute Gasteiger partial charge is 0.208 e. The molecule has 0 unspecified atom stereocenters. The van der Waals surface area contributed by atoms with Crippen LogP contribution in [0, 0.1) is 11.3 Å². The van der Waals surface area contributed by atoms with Gasteiger partial charge in [0.15, 0.2) is 0 Å². The Labute approximate surface area is 99.5 Å². The van der Waals surface area contributed by atoms with Gasteiger partial charge in [0.2, 0.25) is 5.88 Å². The molecule has 84 valence electrons. The van der Waals surface area contributed by atoms with Crippen LogP contribution in [0.3, 0.4) is 0 Å². The third-order valence-electron chi connectivity index (χ3n) is 3.34. The molecule has 0 atom stereocenters. The van der Waals surface area contributed by atoms with Crippen molar-refractivity contribution in [3.8, 4) is 17.2 Å². The van der Waals surface area contributed by atoms with Crippen LogP contribution in [-0.4, -0.2) is 0 Å². The monoisotopic (exact) mass is 224 g/mol. The Bertz CT molecular complexity index is 620. The summed E-state index contributed by atoms with van der Waals surface area (Å²) in [5.74, 6) is 0.197. The summed E-state index contributed by atoms with van der Waals surface area (Å²) < 4.78 is 5.12. The van der Waals surface area contributed by atoms with Gasteiger partial charge in [0.05, 0.1) is 0 Å². The van der Waals surface area contributed by atoms with Crippen molar-refractivity contribution in [2.75, 3.05) is 5.73 Å². The number of benzene rings is 1. The van der Waals surface area contributed by atoms with Crippen molar-refractivity contribution in [3.63, 3.8) is 0 Å². The van der Waals surface area contributed by atoms with Crippen LogP contribution in [0.1, 0.15) is 23.1 Å². The fourth-order valence-corrected chi connectivity index (χ4v) is 2.44. The topological polar surface area (TPSA) is 63.0 Å². The summed E-state index contributed by atoms with van der Waals surface area (Å²) in [4.78, 5) is 0. The number of nitrogens with two attached hydrogens (primary N) is 1. The second-order valence-electron chi connectivity index (χ2n) is 4.34. The molecule has 0 fully saturated rings. The number of anilines is 1. The molecular formula is C14H12N2O. The fourth-order valence-electron chi connectivity index (χ4n) is 2.44. The van der Waals surface area contributed by atoms with Gasteiger partial charge in [0.1, 0.15) is 17.9 Å². The number of furan rings is 1. The highest BCUT2D eigenvalue weighted by Crippen LogP contribution is 2.32. The van der Waals surface area contributed by atoms with Crippen molar-refractivity contribution in [2.24, 2.45) is 0 Å². The Morgan fingerprint density at radius 2 is 2.06 bits per heavy atom. The predicted octanol–water partition coefficient (Wildman–Crippen LogP) is 2.89. The van der Waals surface area contributed by atoms with Gasteiger partial charge in [-0.1, -0.05) is 18.2 Å². The van der Waals surface area contributed by atoms with Crippen molar-refractivity contribution in [1.29, 1.82) is 5.26 Å². The third kappa shape index (κ3) is 1.50. The lowest BCUT2D eigenvalue weighted by atomic mass is 10.00. The van der Waals surface area contributed by atoms with Crippen LogP contribution in [0.5, 0.6) is 0 Å². The highest BCUT2D eigenvalue weighted by molar-refractivity contribution is 5.75. The van der Waals surface area contributed by atoms with Gasteiger partial charge in [-0.2, -0.15) is 5.26 Å². The minimum absolute atomic E-state index is 0.197. The zero-order valence-corrected chi connectivity index (χ0v) is 9.36. The molecule has 3 heteroatoms. The lowest BCUT2D eigenvalue weighted by Crippen LogP contribution is -1.88. The average molecular weight is 224 g/mol. The van der Waals surface area contributed by atoms with E-state index < -0.39 is 0 Å². The van der Waals surface area contributed by atoms with E-state index in [1.54, 1.807) is 6.26 Å². The molecule has 1 aliphatic rings. The van der Waals surface area contributed by atoms with E-state index in [0.717, 1.165) is 24.0 Å². The van der Waals surface area contributed by atoms with E-state index >= 15 is 0 Å². The normalized spacial score (nSPS) is 13.4. The first-order chi connectivity index (χ1) is 8.29. The summed E-state index contributed by atoms with van der Waals surface area (Å²) >= 11 is 0. The van der Waals surface area contributed by atoms with E-state index in [4.69, 9.17) is 15.4 Å². The van der Waals surface area contributed by atoms with Gasteiger partial charge >= 0.3 is 0 Å². The van der Waals surface area contributed by atoms with Crippen LogP contribution >= 0.6 is 0 Å². The van der Waals surface area contributed by atoms with Gasteiger partial charge < -0.3 is 10.2 Å². The molecule has 3 rings (SSSR count). The number of nitriles is 1. The van der Waals surface area contributed by atoms with E-state index in [1.807, 2.05) is 6.07 Å². The van der Waals surface area contributed by atoms with Gasteiger partial charge in [-0.25, -0.2) is 0 Å². The summed E-state index contributed by atoms with van der Waals surface area (Å²) in [6.45, 7) is 0. The number of hydrogen-bond donors (Lipinski definition) is 1. The van der Waals surface area contributed by atoms with Crippen molar-refractivity contribution in [2.45, 2.75) is 19.3 Å². The highest BCUT2D eigenvalue weighted by Gasteiger charge is 2.16. The summed E-state index contributed by atoms with van der Waals surface area (Å²) in [7, 11) is 0. The maximum atomic E-state index is 9.05. The van der Waals surface area contributed by atoms with Gasteiger partial charge in [0.25, 0.3) is 0 Å². The first-order valence-electron chi connectivity index (χ1n) is 5.69. The summed E-state index contributed by atoms with van der Waals surface area (Å²) in [5, 5.41) is 9.05. The molecule has 3 nitrogen and oxygen atoms in total. The molecule has 0 radical (unpaired) electrons. The lowest BCUT2D eigenvalue weighted by molar-refractivity contribution is 0.588. The van der Waals surface area contributed by atoms with E-state index in [2.05, 4.69) is 18.2 Å². The maximum absolute atomic E-state index is 9.05. The van der Waals surface area contributed by atoms with Crippen LogP contribution in [-0.2, 0) is 12.8 Å². The number of aryl methyl sites for hydroxylation is 2. The molecule has 0 saturated heterocycles. The molecule has 1 aromatic heterocycles. The molecule has 0 aliphatic heterocycles. The maximum Gasteiger partial charge on any atom is 0.208 e. The molecule has 0 amide bonds. The Morgan fingerprint density at radius 3 is 2.88 bits per heavy atom. The van der Waals surface area contributed by atoms with Crippen molar-refractivity contribution >= 4 is 5.88 Å². The van der Waals surface area contributed by atoms with Gasteiger partial charge in [-0.05, 0) is 36.0 Å². The fraction of sp³-hybridized carbons (Fsp3) is 0.214. The molecule has 0 bridgehead atoms. The number of rotatable bonds is 1. The van der Waals surface area contributed by atoms with Gasteiger partial charge in [-0.3, -0.25) is 0 Å². The van der Waals surface area contributed by atoms with Gasteiger partial charge in [0, 0.05) is 5.56 Å². The van der Waals surface area contributed by atoms with E-state index in [0.29, 0.717) is 5.56 Å². The van der Waals surface area contributed by atoms with Crippen LogP contribution in [0.2, 0.25) is 0 Å². The average Bonchev–Trinajstić information content (AvgIpc) is 2.93. The second-order valence-corrected chi connectivity index (χ2v) is 4.34. The standard InChI is InChI=1S/C14H12N2O/c15-7-12-13(8-17-14(12)16)11-5-4-9-2-1-3-10(9)6-11/h4-6,8H,1-3,16H2. The Kier molecular flexibility index (Phi) is 2.15. The second kappa shape index (κ2) is 3.67. The van der Waals surface area contributed by atoms with Gasteiger partial charge in [-0.15, -0.1) is 0 Å². The summed E-state index contributed by atoms with van der Waals surface area (Å²) in [6, 6.07) is 8.42. The SMILES string of the molecule is N#Cc1c(-c2ccc3c(c2)CCC3)coc1N. The quantitative estimate of drug-likeness (QED) is 0.810. The minimum Gasteiger partial charge on any atom is -0.447 e. The number of nitrogen functional groups attached to an aromatic ring is 1. The van der Waals surface area contributed by atoms with Crippen LogP contribution in [0.4, 0.5) is 5.88 Å². The molecule has 0 spiro atoms. The third-order valence-corrected chi connectivity index (χ3v) is 3.34. The number of fused-ring (bicyclic) bond motifs is 1. The number of hydrogen-bond acceptors (Lipinski definition) is 3. The lowest BCUT2D eigenvalue weighted by Gasteiger charge is -2.03. The molecule has 1 aliphatic carbocycles. The molecule has 1 heterocycles. The molecule has 17 heavy (non-hydrogen) atoms. The zero-order chi connectivity index (χ0) is 11.8. The molecular weight excluding hydrogens is 212 g/mol.